The number of carbonyl (C=O) groups excluding carboxylic acids is 2. The lowest BCUT2D eigenvalue weighted by atomic mass is 9.65. The largest absolute Gasteiger partial charge is 0.369 e. The number of aromatic nitrogens is 2. The first-order valence-electron chi connectivity index (χ1n) is 13.7. The van der Waals surface area contributed by atoms with Gasteiger partial charge in [0.1, 0.15) is 11.9 Å². The van der Waals surface area contributed by atoms with Crippen molar-refractivity contribution in [1.82, 2.24) is 19.4 Å². The summed E-state index contributed by atoms with van der Waals surface area (Å²) >= 11 is 0. The van der Waals surface area contributed by atoms with Crippen molar-refractivity contribution in [3.63, 3.8) is 0 Å². The molecule has 3 atom stereocenters. The highest BCUT2D eigenvalue weighted by atomic mass is 16.1. The highest BCUT2D eigenvalue weighted by molar-refractivity contribution is 6.02. The molecule has 0 spiro atoms. The Bertz CT molecular complexity index is 1310. The Hall–Kier alpha value is -3.25. The number of carbonyl (C=O) groups is 2. The Morgan fingerprint density at radius 1 is 1.24 bits per heavy atom. The Morgan fingerprint density at radius 3 is 2.63 bits per heavy atom. The lowest BCUT2D eigenvalue weighted by molar-refractivity contribution is -0.124. The van der Waals surface area contributed by atoms with Gasteiger partial charge in [-0.25, -0.2) is 4.98 Å². The molecule has 3 heterocycles. The van der Waals surface area contributed by atoms with E-state index in [4.69, 9.17) is 5.73 Å². The topological polar surface area (TPSA) is 121 Å². The van der Waals surface area contributed by atoms with E-state index in [1.807, 2.05) is 29.0 Å². The van der Waals surface area contributed by atoms with Gasteiger partial charge in [-0.2, -0.15) is 10.3 Å². The second-order valence-corrected chi connectivity index (χ2v) is 12.8. The molecule has 2 bridgehead atoms. The van der Waals surface area contributed by atoms with Gasteiger partial charge in [-0.3, -0.25) is 9.59 Å². The zero-order valence-electron chi connectivity index (χ0n) is 23.0. The van der Waals surface area contributed by atoms with Crippen molar-refractivity contribution in [2.45, 2.75) is 71.9 Å². The zero-order chi connectivity index (χ0) is 27.2. The van der Waals surface area contributed by atoms with Crippen LogP contribution < -0.4 is 5.73 Å². The average Bonchev–Trinajstić information content (AvgIpc) is 3.37. The van der Waals surface area contributed by atoms with Gasteiger partial charge < -0.3 is 20.1 Å². The van der Waals surface area contributed by atoms with E-state index in [0.717, 1.165) is 67.8 Å². The number of hydrogen-bond donors (Lipinski definition) is 1. The quantitative estimate of drug-likeness (QED) is 0.356. The maximum atomic E-state index is 12.7. The Morgan fingerprint density at radius 2 is 1.97 bits per heavy atom. The molecule has 2 aliphatic heterocycles. The van der Waals surface area contributed by atoms with Crippen molar-refractivity contribution < 1.29 is 9.59 Å². The second kappa shape index (κ2) is 9.81. The number of likely N-dealkylation sites (tertiary alicyclic amines) is 2. The van der Waals surface area contributed by atoms with Gasteiger partial charge in [0.2, 0.25) is 12.1 Å². The van der Waals surface area contributed by atoms with Crippen LogP contribution in [0.4, 0.5) is 0 Å². The van der Waals surface area contributed by atoms with Crippen molar-refractivity contribution in [3.8, 4) is 6.19 Å². The van der Waals surface area contributed by atoms with Crippen molar-refractivity contribution >= 4 is 28.6 Å². The highest BCUT2D eigenvalue weighted by Gasteiger charge is 2.50. The minimum Gasteiger partial charge on any atom is -0.369 e. The van der Waals surface area contributed by atoms with Gasteiger partial charge in [-0.05, 0) is 81.1 Å². The zero-order valence-corrected chi connectivity index (χ0v) is 23.0. The van der Waals surface area contributed by atoms with Gasteiger partial charge in [-0.1, -0.05) is 20.8 Å². The first-order valence-corrected chi connectivity index (χ1v) is 13.7. The van der Waals surface area contributed by atoms with Crippen molar-refractivity contribution in [1.29, 1.82) is 5.26 Å². The van der Waals surface area contributed by atoms with E-state index in [9.17, 15) is 14.9 Å². The summed E-state index contributed by atoms with van der Waals surface area (Å²) < 4.78 is 1.95. The molecule has 3 fully saturated rings. The summed E-state index contributed by atoms with van der Waals surface area (Å²) in [4.78, 5) is 37.8. The van der Waals surface area contributed by atoms with E-state index < -0.39 is 0 Å². The number of fused-ring (bicyclic) bond motifs is 3. The van der Waals surface area contributed by atoms with Crippen LogP contribution in [0.1, 0.15) is 71.4 Å². The van der Waals surface area contributed by atoms with E-state index in [2.05, 4.69) is 40.5 Å². The number of primary amides is 1. The predicted octanol–water partition coefficient (Wildman–Crippen LogP) is 3.49. The summed E-state index contributed by atoms with van der Waals surface area (Å²) in [6, 6.07) is 5.98. The average molecular weight is 518 g/mol. The molecule has 1 saturated carbocycles. The number of hydrogen-bond acceptors (Lipinski definition) is 6. The summed E-state index contributed by atoms with van der Waals surface area (Å²) in [6.45, 7) is 11.6. The fraction of sp³-hybridized carbons (Fsp3) is 0.621. The van der Waals surface area contributed by atoms with Gasteiger partial charge in [-0.15, -0.1) is 0 Å². The SMILES string of the molecule is CC(=O)C(CN1CCC(C(N)=O)CC1)n1cnc2cc(C(=NC#N)N3CC4(C)CC3CC(C)(C)C4)ccc21. The Labute approximate surface area is 224 Å². The number of rotatable bonds is 6. The highest BCUT2D eigenvalue weighted by Crippen LogP contribution is 2.52. The van der Waals surface area contributed by atoms with Crippen LogP contribution in [0.2, 0.25) is 0 Å². The first-order chi connectivity index (χ1) is 18.0. The van der Waals surface area contributed by atoms with Gasteiger partial charge in [0, 0.05) is 30.6 Å². The minimum absolute atomic E-state index is 0.0670. The van der Waals surface area contributed by atoms with Crippen LogP contribution in [-0.2, 0) is 9.59 Å². The number of nitrogens with two attached hydrogens (primary N) is 1. The van der Waals surface area contributed by atoms with Crippen LogP contribution in [0.5, 0.6) is 0 Å². The van der Waals surface area contributed by atoms with E-state index >= 15 is 0 Å². The van der Waals surface area contributed by atoms with Crippen LogP contribution in [0, 0.1) is 28.2 Å². The number of piperidine rings is 1. The number of amidine groups is 1. The second-order valence-electron chi connectivity index (χ2n) is 12.8. The molecule has 3 unspecified atom stereocenters. The van der Waals surface area contributed by atoms with Crippen LogP contribution >= 0.6 is 0 Å². The fourth-order valence-electron chi connectivity index (χ4n) is 7.53. The number of Topliss-reactive ketones (excluding diaryl/α,β-unsaturated/α-hetero) is 1. The summed E-state index contributed by atoms with van der Waals surface area (Å²) in [5, 5.41) is 9.57. The van der Waals surface area contributed by atoms with E-state index in [0.29, 0.717) is 12.6 Å². The molecule has 1 aliphatic carbocycles. The Balaban J connectivity index is 1.40. The molecule has 3 aliphatic rings. The molecule has 2 N–H and O–H groups in total. The van der Waals surface area contributed by atoms with E-state index in [1.54, 1.807) is 13.3 Å². The number of nitrogens with zero attached hydrogens (tertiary/aromatic N) is 6. The van der Waals surface area contributed by atoms with E-state index in [1.165, 1.54) is 6.42 Å². The normalized spacial score (nSPS) is 26.9. The van der Waals surface area contributed by atoms with Crippen molar-refractivity contribution in [2.24, 2.45) is 27.5 Å². The number of nitriles is 1. The molecule has 2 saturated heterocycles. The molecule has 2 aromatic rings. The number of ketones is 1. The van der Waals surface area contributed by atoms with Crippen LogP contribution in [0.15, 0.2) is 29.5 Å². The monoisotopic (exact) mass is 517 g/mol. The maximum absolute atomic E-state index is 12.7. The van der Waals surface area contributed by atoms with Gasteiger partial charge in [0.15, 0.2) is 5.78 Å². The Kier molecular flexibility index (Phi) is 6.80. The number of aliphatic imine (C=N–C) groups is 1. The summed E-state index contributed by atoms with van der Waals surface area (Å²) in [5.41, 5.74) is 8.51. The molecule has 1 amide bonds. The molecule has 38 heavy (non-hydrogen) atoms. The molecule has 202 valence electrons. The van der Waals surface area contributed by atoms with Crippen LogP contribution in [0.25, 0.3) is 11.0 Å². The first kappa shape index (κ1) is 26.4. The molecular weight excluding hydrogens is 478 g/mol. The number of imidazole rings is 1. The fourth-order valence-corrected chi connectivity index (χ4v) is 7.53. The molecular formula is C29H39N7O2. The third kappa shape index (κ3) is 5.06. The lowest BCUT2D eigenvalue weighted by Crippen LogP contribution is -2.42. The van der Waals surface area contributed by atoms with E-state index in [-0.39, 0.29) is 34.5 Å². The van der Waals surface area contributed by atoms with Gasteiger partial charge in [0.25, 0.3) is 0 Å². The molecule has 0 radical (unpaired) electrons. The maximum Gasteiger partial charge on any atom is 0.220 e. The standard InChI is InChI=1S/C29H39N7O2/c1-19(37)25(14-34-9-7-20(8-10-34)26(31)38)36-18-33-23-11-21(5-6-24(23)36)27(32-17-30)35-16-29(4)13-22(35)12-28(2,3)15-29/h5-6,11,18,20,22,25H,7-10,12-16H2,1-4H3,(H2,31,38). The van der Waals surface area contributed by atoms with Crippen molar-refractivity contribution in [2.75, 3.05) is 26.2 Å². The minimum atomic E-state index is -0.372. The van der Waals surface area contributed by atoms with Gasteiger partial charge >= 0.3 is 0 Å². The molecule has 1 aromatic heterocycles. The predicted molar refractivity (Wildman–Crippen MR) is 146 cm³/mol. The number of benzene rings is 1. The van der Waals surface area contributed by atoms with Gasteiger partial charge in [0.05, 0.1) is 17.4 Å². The molecule has 1 aromatic carbocycles. The van der Waals surface area contributed by atoms with Crippen LogP contribution in [-0.4, -0.2) is 69.1 Å². The molecule has 5 rings (SSSR count). The molecule has 9 nitrogen and oxygen atoms in total. The summed E-state index contributed by atoms with van der Waals surface area (Å²) in [5.74, 6) is 0.467. The third-order valence-corrected chi connectivity index (χ3v) is 8.90. The molecule has 9 heteroatoms. The summed E-state index contributed by atoms with van der Waals surface area (Å²) in [6.07, 6.45) is 8.60. The lowest BCUT2D eigenvalue weighted by Gasteiger charge is -2.39. The van der Waals surface area contributed by atoms with Crippen molar-refractivity contribution in [3.05, 3.63) is 30.1 Å². The summed E-state index contributed by atoms with van der Waals surface area (Å²) in [7, 11) is 0. The van der Waals surface area contributed by atoms with Crippen LogP contribution in [0.3, 0.4) is 0 Å². The third-order valence-electron chi connectivity index (χ3n) is 8.90. The number of amides is 1. The smallest absolute Gasteiger partial charge is 0.220 e.